The van der Waals surface area contributed by atoms with E-state index in [4.69, 9.17) is 0 Å². The molecule has 20 heavy (non-hydrogen) atoms. The third-order valence-corrected chi connectivity index (χ3v) is 3.60. The van der Waals surface area contributed by atoms with Crippen LogP contribution in [0.3, 0.4) is 0 Å². The molecule has 0 bridgehead atoms. The molecule has 3 heteroatoms. The molecule has 0 amide bonds. The van der Waals surface area contributed by atoms with Gasteiger partial charge >= 0.3 is 0 Å². The van der Waals surface area contributed by atoms with Crippen LogP contribution < -0.4 is 0 Å². The van der Waals surface area contributed by atoms with E-state index in [2.05, 4.69) is 6.92 Å². The fraction of sp³-hybridized carbons (Fsp3) is 0.647. The van der Waals surface area contributed by atoms with E-state index in [-0.39, 0.29) is 0 Å². The summed E-state index contributed by atoms with van der Waals surface area (Å²) >= 11 is 0. The molecule has 0 aromatic heterocycles. The predicted molar refractivity (Wildman–Crippen MR) is 78.7 cm³/mol. The Morgan fingerprint density at radius 2 is 1.60 bits per heavy atom. The molecule has 1 unspecified atom stereocenters. The second-order valence-corrected chi connectivity index (χ2v) is 5.52. The van der Waals surface area contributed by atoms with Gasteiger partial charge in [0.25, 0.3) is 0 Å². The first-order valence-corrected chi connectivity index (χ1v) is 7.75. The van der Waals surface area contributed by atoms with Gasteiger partial charge in [-0.15, -0.1) is 0 Å². The van der Waals surface area contributed by atoms with Gasteiger partial charge in [0.1, 0.15) is 0 Å². The van der Waals surface area contributed by atoms with Gasteiger partial charge in [-0.2, -0.15) is 0 Å². The molecular formula is C17H26F2O. The fourth-order valence-corrected chi connectivity index (χ4v) is 2.38. The maximum absolute atomic E-state index is 13.0. The van der Waals surface area contributed by atoms with Gasteiger partial charge in [-0.1, -0.05) is 57.9 Å². The molecule has 114 valence electrons. The van der Waals surface area contributed by atoms with Crippen LogP contribution >= 0.6 is 0 Å². The lowest BCUT2D eigenvalue weighted by Crippen LogP contribution is -2.10. The molecule has 0 aliphatic carbocycles. The summed E-state index contributed by atoms with van der Waals surface area (Å²) in [6.07, 6.45) is 9.15. The van der Waals surface area contributed by atoms with Crippen LogP contribution in [-0.2, 0) is 6.42 Å². The van der Waals surface area contributed by atoms with E-state index < -0.39 is 17.7 Å². The molecule has 1 aromatic rings. The average molecular weight is 284 g/mol. The Bertz CT molecular complexity index is 379. The van der Waals surface area contributed by atoms with Crippen molar-refractivity contribution < 1.29 is 13.9 Å². The predicted octanol–water partition coefficient (Wildman–Crippen LogP) is 5.01. The van der Waals surface area contributed by atoms with Crippen molar-refractivity contribution >= 4 is 0 Å². The second-order valence-electron chi connectivity index (χ2n) is 5.52. The van der Waals surface area contributed by atoms with Crippen molar-refractivity contribution in [2.24, 2.45) is 0 Å². The standard InChI is InChI=1S/C17H26F2O/c1-2-3-4-5-6-7-8-9-15(20)12-14-10-11-16(18)17(19)13-14/h10-11,13,15,20H,2-9,12H2,1H3. The smallest absolute Gasteiger partial charge is 0.159 e. The summed E-state index contributed by atoms with van der Waals surface area (Å²) in [6, 6.07) is 3.82. The lowest BCUT2D eigenvalue weighted by Gasteiger charge is -2.10. The molecule has 1 aromatic carbocycles. The molecular weight excluding hydrogens is 258 g/mol. The van der Waals surface area contributed by atoms with Gasteiger partial charge < -0.3 is 5.11 Å². The second kappa shape index (κ2) is 9.87. The SMILES string of the molecule is CCCCCCCCCC(O)Cc1ccc(F)c(F)c1. The summed E-state index contributed by atoms with van der Waals surface area (Å²) < 4.78 is 25.8. The first-order valence-electron chi connectivity index (χ1n) is 7.75. The fourth-order valence-electron chi connectivity index (χ4n) is 2.38. The van der Waals surface area contributed by atoms with Crippen LogP contribution in [0.5, 0.6) is 0 Å². The zero-order valence-corrected chi connectivity index (χ0v) is 12.4. The summed E-state index contributed by atoms with van der Waals surface area (Å²) in [4.78, 5) is 0. The molecule has 1 N–H and O–H groups in total. The summed E-state index contributed by atoms with van der Waals surface area (Å²) in [5, 5.41) is 9.89. The zero-order valence-electron chi connectivity index (χ0n) is 12.4. The van der Waals surface area contributed by atoms with Crippen LogP contribution in [0.1, 0.15) is 63.9 Å². The van der Waals surface area contributed by atoms with Crippen LogP contribution in [-0.4, -0.2) is 11.2 Å². The highest BCUT2D eigenvalue weighted by Gasteiger charge is 2.08. The van der Waals surface area contributed by atoms with Crippen molar-refractivity contribution in [2.45, 2.75) is 70.8 Å². The minimum atomic E-state index is -0.842. The van der Waals surface area contributed by atoms with E-state index in [1.165, 1.54) is 44.2 Å². The number of hydrogen-bond donors (Lipinski definition) is 1. The molecule has 0 aliphatic rings. The molecule has 0 saturated heterocycles. The monoisotopic (exact) mass is 284 g/mol. The normalized spacial score (nSPS) is 12.6. The highest BCUT2D eigenvalue weighted by Crippen LogP contribution is 2.14. The minimum Gasteiger partial charge on any atom is -0.393 e. The van der Waals surface area contributed by atoms with Crippen LogP contribution in [0.2, 0.25) is 0 Å². The average Bonchev–Trinajstić information content (AvgIpc) is 2.42. The molecule has 0 aliphatic heterocycles. The highest BCUT2D eigenvalue weighted by atomic mass is 19.2. The van der Waals surface area contributed by atoms with E-state index in [1.807, 2.05) is 0 Å². The van der Waals surface area contributed by atoms with Crippen molar-refractivity contribution in [3.8, 4) is 0 Å². The van der Waals surface area contributed by atoms with E-state index >= 15 is 0 Å². The van der Waals surface area contributed by atoms with Crippen LogP contribution in [0, 0.1) is 11.6 Å². The third-order valence-electron chi connectivity index (χ3n) is 3.60. The van der Waals surface area contributed by atoms with E-state index in [9.17, 15) is 13.9 Å². The molecule has 0 heterocycles. The van der Waals surface area contributed by atoms with Gasteiger partial charge in [0.15, 0.2) is 11.6 Å². The Hall–Kier alpha value is -0.960. The van der Waals surface area contributed by atoms with Crippen LogP contribution in [0.4, 0.5) is 8.78 Å². The van der Waals surface area contributed by atoms with Gasteiger partial charge in [0, 0.05) is 0 Å². The number of aliphatic hydroxyl groups is 1. The molecule has 1 rings (SSSR count). The molecule has 1 atom stereocenters. The first-order chi connectivity index (χ1) is 9.63. The Labute approximate surface area is 121 Å². The Morgan fingerprint density at radius 3 is 2.25 bits per heavy atom. The number of benzene rings is 1. The van der Waals surface area contributed by atoms with Crippen molar-refractivity contribution in [3.63, 3.8) is 0 Å². The maximum atomic E-state index is 13.0. The van der Waals surface area contributed by atoms with Crippen molar-refractivity contribution in [1.29, 1.82) is 0 Å². The van der Waals surface area contributed by atoms with Crippen molar-refractivity contribution in [2.75, 3.05) is 0 Å². The zero-order chi connectivity index (χ0) is 14.8. The molecule has 0 spiro atoms. The largest absolute Gasteiger partial charge is 0.393 e. The number of unbranched alkanes of at least 4 members (excludes halogenated alkanes) is 6. The molecule has 0 fully saturated rings. The number of halogens is 2. The molecule has 0 saturated carbocycles. The van der Waals surface area contributed by atoms with Crippen LogP contribution in [0.15, 0.2) is 18.2 Å². The summed E-state index contributed by atoms with van der Waals surface area (Å²) in [6.45, 7) is 2.20. The van der Waals surface area contributed by atoms with Crippen molar-refractivity contribution in [1.82, 2.24) is 0 Å². The third kappa shape index (κ3) is 6.99. The quantitative estimate of drug-likeness (QED) is 0.599. The van der Waals surface area contributed by atoms with Gasteiger partial charge in [0.2, 0.25) is 0 Å². The lowest BCUT2D eigenvalue weighted by atomic mass is 10.0. The summed E-state index contributed by atoms with van der Waals surface area (Å²) in [7, 11) is 0. The maximum Gasteiger partial charge on any atom is 0.159 e. The number of rotatable bonds is 10. The van der Waals surface area contributed by atoms with Gasteiger partial charge in [-0.3, -0.25) is 0 Å². The lowest BCUT2D eigenvalue weighted by molar-refractivity contribution is 0.160. The topological polar surface area (TPSA) is 20.2 Å². The van der Waals surface area contributed by atoms with E-state index in [0.29, 0.717) is 12.0 Å². The summed E-state index contributed by atoms with van der Waals surface area (Å²) in [5.74, 6) is -1.68. The Balaban J connectivity index is 2.13. The van der Waals surface area contributed by atoms with Crippen molar-refractivity contribution in [3.05, 3.63) is 35.4 Å². The minimum absolute atomic E-state index is 0.396. The number of hydrogen-bond acceptors (Lipinski definition) is 1. The first kappa shape index (κ1) is 17.1. The Morgan fingerprint density at radius 1 is 0.950 bits per heavy atom. The number of aliphatic hydroxyl groups excluding tert-OH is 1. The van der Waals surface area contributed by atoms with E-state index in [1.54, 1.807) is 0 Å². The Kier molecular flexibility index (Phi) is 8.43. The van der Waals surface area contributed by atoms with Gasteiger partial charge in [-0.25, -0.2) is 8.78 Å². The van der Waals surface area contributed by atoms with E-state index in [0.717, 1.165) is 25.3 Å². The van der Waals surface area contributed by atoms with Gasteiger partial charge in [-0.05, 0) is 30.5 Å². The summed E-state index contributed by atoms with van der Waals surface area (Å²) in [5.41, 5.74) is 0.652. The highest BCUT2D eigenvalue weighted by molar-refractivity contribution is 5.18. The molecule has 1 nitrogen and oxygen atoms in total. The molecule has 0 radical (unpaired) electrons. The van der Waals surface area contributed by atoms with Gasteiger partial charge in [0.05, 0.1) is 6.10 Å². The van der Waals surface area contributed by atoms with Crippen LogP contribution in [0.25, 0.3) is 0 Å².